The average molecular weight is 349 g/mol. The molecule has 4 rings (SSSR count). The van der Waals surface area contributed by atoms with Crippen LogP contribution in [0.5, 0.6) is 0 Å². The van der Waals surface area contributed by atoms with Crippen molar-refractivity contribution in [2.75, 3.05) is 19.6 Å². The Labute approximate surface area is 148 Å². The quantitative estimate of drug-likeness (QED) is 0.814. The van der Waals surface area contributed by atoms with Crippen LogP contribution >= 0.6 is 11.6 Å². The molecule has 4 nitrogen and oxygen atoms in total. The minimum Gasteiger partial charge on any atom is -0.342 e. The van der Waals surface area contributed by atoms with E-state index in [4.69, 9.17) is 16.4 Å². The van der Waals surface area contributed by atoms with Gasteiger partial charge < -0.3 is 4.90 Å². The van der Waals surface area contributed by atoms with Gasteiger partial charge in [0.1, 0.15) is 6.10 Å². The highest BCUT2D eigenvalue weighted by Gasteiger charge is 2.49. The van der Waals surface area contributed by atoms with Crippen LogP contribution in [0.1, 0.15) is 50.2 Å². The van der Waals surface area contributed by atoms with E-state index in [1.165, 1.54) is 12.8 Å². The minimum absolute atomic E-state index is 0.0930. The predicted molar refractivity (Wildman–Crippen MR) is 93.5 cm³/mol. The third kappa shape index (κ3) is 3.07. The van der Waals surface area contributed by atoms with Crippen LogP contribution in [0.25, 0.3) is 0 Å². The summed E-state index contributed by atoms with van der Waals surface area (Å²) in [7, 11) is 0. The molecule has 24 heavy (non-hydrogen) atoms. The first-order chi connectivity index (χ1) is 11.7. The number of carbonyl (C=O) groups is 1. The molecule has 3 aliphatic heterocycles. The van der Waals surface area contributed by atoms with E-state index in [1.807, 2.05) is 24.3 Å². The van der Waals surface area contributed by atoms with E-state index in [9.17, 15) is 4.79 Å². The maximum absolute atomic E-state index is 13.3. The number of hydrogen-bond donors (Lipinski definition) is 0. The normalized spacial score (nSPS) is 31.0. The fourth-order valence-corrected chi connectivity index (χ4v) is 4.50. The lowest BCUT2D eigenvalue weighted by molar-refractivity contribution is -0.173. The van der Waals surface area contributed by atoms with Gasteiger partial charge in [0, 0.05) is 30.7 Å². The van der Waals surface area contributed by atoms with E-state index in [0.717, 1.165) is 50.9 Å². The smallest absolute Gasteiger partial charge is 0.230 e. The van der Waals surface area contributed by atoms with Crippen LogP contribution in [0.4, 0.5) is 0 Å². The van der Waals surface area contributed by atoms with Gasteiger partial charge in [-0.1, -0.05) is 30.2 Å². The van der Waals surface area contributed by atoms with E-state index in [2.05, 4.69) is 9.96 Å². The summed E-state index contributed by atoms with van der Waals surface area (Å²) < 4.78 is 0. The molecular weight excluding hydrogens is 324 g/mol. The predicted octanol–water partition coefficient (Wildman–Crippen LogP) is 3.81. The summed E-state index contributed by atoms with van der Waals surface area (Å²) in [6, 6.07) is 8.00. The van der Waals surface area contributed by atoms with Gasteiger partial charge in [-0.2, -0.15) is 5.06 Å². The van der Waals surface area contributed by atoms with Gasteiger partial charge in [0.25, 0.3) is 0 Å². The number of halogens is 1. The molecule has 5 heteroatoms. The third-order valence-electron chi connectivity index (χ3n) is 5.64. The number of benzene rings is 1. The zero-order valence-corrected chi connectivity index (χ0v) is 14.8. The molecule has 3 aliphatic rings. The van der Waals surface area contributed by atoms with Crippen molar-refractivity contribution in [2.45, 2.75) is 50.7 Å². The van der Waals surface area contributed by atoms with Crippen molar-refractivity contribution in [2.24, 2.45) is 5.92 Å². The molecule has 3 saturated heterocycles. The SMILES string of the molecule is O=C([C@@H]1[C@@H](c2ccc(Cl)cc2)ON2CCCC[C@@H]12)N1CCCCC1. The molecule has 0 unspecified atom stereocenters. The molecule has 0 radical (unpaired) electrons. The number of nitrogens with zero attached hydrogens (tertiary/aromatic N) is 2. The van der Waals surface area contributed by atoms with Gasteiger partial charge in [-0.05, 0) is 49.8 Å². The maximum atomic E-state index is 13.3. The topological polar surface area (TPSA) is 32.8 Å². The molecule has 3 heterocycles. The lowest BCUT2D eigenvalue weighted by Gasteiger charge is -2.34. The highest BCUT2D eigenvalue weighted by molar-refractivity contribution is 6.30. The van der Waals surface area contributed by atoms with Crippen molar-refractivity contribution in [3.05, 3.63) is 34.9 Å². The lowest BCUT2D eigenvalue weighted by Crippen LogP contribution is -2.46. The Morgan fingerprint density at radius 3 is 2.46 bits per heavy atom. The molecule has 0 bridgehead atoms. The molecule has 0 aliphatic carbocycles. The van der Waals surface area contributed by atoms with Gasteiger partial charge in [0.15, 0.2) is 0 Å². The number of carbonyl (C=O) groups excluding carboxylic acids is 1. The summed E-state index contributed by atoms with van der Waals surface area (Å²) in [4.78, 5) is 21.6. The molecule has 0 N–H and O–H groups in total. The van der Waals surface area contributed by atoms with Gasteiger partial charge in [0.2, 0.25) is 5.91 Å². The van der Waals surface area contributed by atoms with Crippen molar-refractivity contribution in [1.29, 1.82) is 0 Å². The monoisotopic (exact) mass is 348 g/mol. The maximum Gasteiger partial charge on any atom is 0.230 e. The van der Waals surface area contributed by atoms with Crippen LogP contribution in [0.15, 0.2) is 24.3 Å². The van der Waals surface area contributed by atoms with Crippen molar-refractivity contribution < 1.29 is 9.63 Å². The Morgan fingerprint density at radius 2 is 1.71 bits per heavy atom. The van der Waals surface area contributed by atoms with Crippen molar-refractivity contribution >= 4 is 17.5 Å². The largest absolute Gasteiger partial charge is 0.342 e. The Balaban J connectivity index is 1.62. The molecule has 130 valence electrons. The first kappa shape index (κ1) is 16.4. The van der Waals surface area contributed by atoms with E-state index in [0.29, 0.717) is 5.02 Å². The lowest BCUT2D eigenvalue weighted by atomic mass is 9.85. The first-order valence-corrected chi connectivity index (χ1v) is 9.59. The van der Waals surface area contributed by atoms with Crippen LogP contribution in [0.3, 0.4) is 0 Å². The second-order valence-corrected chi connectivity index (χ2v) is 7.63. The molecule has 0 spiro atoms. The highest BCUT2D eigenvalue weighted by Crippen LogP contribution is 2.43. The van der Waals surface area contributed by atoms with Crippen molar-refractivity contribution in [3.8, 4) is 0 Å². The molecule has 3 atom stereocenters. The van der Waals surface area contributed by atoms with Crippen LogP contribution < -0.4 is 0 Å². The van der Waals surface area contributed by atoms with E-state index < -0.39 is 0 Å². The number of hydroxylamine groups is 2. The minimum atomic E-state index is -0.181. The molecule has 1 aromatic carbocycles. The summed E-state index contributed by atoms with van der Waals surface area (Å²) in [6.45, 7) is 2.73. The first-order valence-electron chi connectivity index (χ1n) is 9.22. The van der Waals surface area contributed by atoms with Crippen LogP contribution in [-0.2, 0) is 9.63 Å². The fourth-order valence-electron chi connectivity index (χ4n) is 4.37. The van der Waals surface area contributed by atoms with Gasteiger partial charge in [-0.15, -0.1) is 0 Å². The number of piperidine rings is 2. The van der Waals surface area contributed by atoms with Crippen LogP contribution in [-0.4, -0.2) is 41.5 Å². The third-order valence-corrected chi connectivity index (χ3v) is 5.89. The van der Waals surface area contributed by atoms with E-state index >= 15 is 0 Å². The molecule has 1 aromatic rings. The second-order valence-electron chi connectivity index (χ2n) is 7.19. The van der Waals surface area contributed by atoms with E-state index in [-0.39, 0.29) is 24.0 Å². The van der Waals surface area contributed by atoms with Gasteiger partial charge in [-0.25, -0.2) is 0 Å². The van der Waals surface area contributed by atoms with Gasteiger partial charge in [0.05, 0.1) is 5.92 Å². The average Bonchev–Trinajstić information content (AvgIpc) is 3.02. The highest BCUT2D eigenvalue weighted by atomic mass is 35.5. The fraction of sp³-hybridized carbons (Fsp3) is 0.632. The molecule has 0 aromatic heterocycles. The van der Waals surface area contributed by atoms with Crippen LogP contribution in [0.2, 0.25) is 5.02 Å². The molecule has 1 amide bonds. The number of hydrogen-bond acceptors (Lipinski definition) is 3. The van der Waals surface area contributed by atoms with Gasteiger partial charge >= 0.3 is 0 Å². The Morgan fingerprint density at radius 1 is 1.00 bits per heavy atom. The Kier molecular flexibility index (Phi) is 4.79. The summed E-state index contributed by atoms with van der Waals surface area (Å²) >= 11 is 6.03. The standard InChI is InChI=1S/C19H25ClN2O2/c20-15-9-7-14(8-10-15)18-17(16-6-2-5-13-22(16)24-18)19(23)21-11-3-1-4-12-21/h7-10,16-18H,1-6,11-13H2/t16-,17-,18+/m0/s1. The van der Waals surface area contributed by atoms with Crippen molar-refractivity contribution in [1.82, 2.24) is 9.96 Å². The Bertz CT molecular complexity index is 586. The number of fused-ring (bicyclic) bond motifs is 1. The number of likely N-dealkylation sites (tertiary alicyclic amines) is 1. The molecular formula is C19H25ClN2O2. The summed E-state index contributed by atoms with van der Waals surface area (Å²) in [6.07, 6.45) is 6.68. The molecule has 3 fully saturated rings. The van der Waals surface area contributed by atoms with E-state index in [1.54, 1.807) is 0 Å². The number of rotatable bonds is 2. The van der Waals surface area contributed by atoms with Gasteiger partial charge in [-0.3, -0.25) is 9.63 Å². The Hall–Kier alpha value is -1.10. The van der Waals surface area contributed by atoms with Crippen LogP contribution in [0, 0.1) is 5.92 Å². The zero-order chi connectivity index (χ0) is 16.5. The summed E-state index contributed by atoms with van der Waals surface area (Å²) in [5.41, 5.74) is 1.06. The zero-order valence-electron chi connectivity index (χ0n) is 14.0. The summed E-state index contributed by atoms with van der Waals surface area (Å²) in [5.74, 6) is 0.189. The molecule has 0 saturated carbocycles. The number of amides is 1. The second kappa shape index (κ2) is 7.03. The van der Waals surface area contributed by atoms with Crippen molar-refractivity contribution in [3.63, 3.8) is 0 Å². The summed E-state index contributed by atoms with van der Waals surface area (Å²) in [5, 5.41) is 2.79.